The predicted molar refractivity (Wildman–Crippen MR) is 286 cm³/mol. The zero-order valence-electron chi connectivity index (χ0n) is 39.7. The van der Waals surface area contributed by atoms with E-state index in [4.69, 9.17) is 0 Å². The van der Waals surface area contributed by atoms with Crippen LogP contribution in [0.2, 0.25) is 0 Å². The molecule has 0 fully saturated rings. The molecule has 9 aromatic carbocycles. The summed E-state index contributed by atoms with van der Waals surface area (Å²) in [6.07, 6.45) is 0. The number of hydrogen-bond donors (Lipinski definition) is 0. The van der Waals surface area contributed by atoms with Crippen molar-refractivity contribution in [2.45, 2.75) is 78.6 Å². The molecule has 66 heavy (non-hydrogen) atoms. The van der Waals surface area contributed by atoms with E-state index in [-0.39, 0.29) is 16.2 Å². The van der Waals surface area contributed by atoms with Gasteiger partial charge in [0.1, 0.15) is 0 Å². The van der Waals surface area contributed by atoms with E-state index in [0.29, 0.717) is 0 Å². The van der Waals surface area contributed by atoms with E-state index >= 15 is 0 Å². The van der Waals surface area contributed by atoms with Crippen LogP contribution >= 0.6 is 0 Å². The molecule has 0 spiro atoms. The van der Waals surface area contributed by atoms with Crippen molar-refractivity contribution in [1.82, 2.24) is 0 Å². The minimum absolute atomic E-state index is 0.0225. The first-order chi connectivity index (χ1) is 31.7. The molecule has 0 amide bonds. The molecule has 3 heterocycles. The molecule has 0 atom stereocenters. The molecule has 0 saturated heterocycles. The Morgan fingerprint density at radius 3 is 1.08 bits per heavy atom. The molecule has 3 aliphatic heterocycles. The third kappa shape index (κ3) is 5.81. The minimum atomic E-state index is -4.12. The average Bonchev–Trinajstić information content (AvgIpc) is 3.31. The van der Waals surface area contributed by atoms with Gasteiger partial charge in [-0.25, -0.2) is 0 Å². The van der Waals surface area contributed by atoms with E-state index in [1.807, 2.05) is 0 Å². The zero-order chi connectivity index (χ0) is 45.5. The van der Waals surface area contributed by atoms with Crippen LogP contribution in [0.3, 0.4) is 0 Å². The van der Waals surface area contributed by atoms with Crippen molar-refractivity contribution in [2.24, 2.45) is 0 Å². The van der Waals surface area contributed by atoms with Gasteiger partial charge in [-0.1, -0.05) is 0 Å². The van der Waals surface area contributed by atoms with Crippen LogP contribution in [0, 0.1) is 0 Å². The van der Waals surface area contributed by atoms with Gasteiger partial charge in [0, 0.05) is 0 Å². The van der Waals surface area contributed by atoms with E-state index in [0.717, 1.165) is 0 Å². The maximum absolute atomic E-state index is 4.12. The first-order valence-electron chi connectivity index (χ1n) is 23.7. The van der Waals surface area contributed by atoms with Crippen LogP contribution in [0.25, 0.3) is 21.5 Å². The van der Waals surface area contributed by atoms with Crippen molar-refractivity contribution in [1.29, 1.82) is 0 Å². The number of hydrogen-bond acceptors (Lipinski definition) is 3. The fraction of sp³-hybridized carbons (Fsp3) is 0.194. The molecule has 0 aromatic heterocycles. The third-order valence-electron chi connectivity index (χ3n) is 14.7. The summed E-state index contributed by atoms with van der Waals surface area (Å²) in [5.74, 6) is 0. The van der Waals surface area contributed by atoms with Crippen molar-refractivity contribution in [2.75, 3.05) is 14.7 Å². The van der Waals surface area contributed by atoms with E-state index in [2.05, 4.69) is 259 Å². The quantitative estimate of drug-likeness (QED) is 0.163. The number of anilines is 9. The van der Waals surface area contributed by atoms with Gasteiger partial charge >= 0.3 is 396 Å². The summed E-state index contributed by atoms with van der Waals surface area (Å²) in [6.45, 7) is 20.8. The molecule has 9 aromatic rings. The van der Waals surface area contributed by atoms with Crippen LogP contribution < -0.4 is 32.3 Å². The van der Waals surface area contributed by atoms with Crippen molar-refractivity contribution in [3.8, 4) is 0 Å². The molecule has 4 heteroatoms. The molecule has 0 N–H and O–H groups in total. The van der Waals surface area contributed by atoms with Gasteiger partial charge in [-0.15, -0.1) is 0 Å². The molecule has 3 aliphatic rings. The summed E-state index contributed by atoms with van der Waals surface area (Å²) in [5.41, 5.74) is 15.3. The van der Waals surface area contributed by atoms with Crippen molar-refractivity contribution in [3.05, 3.63) is 199 Å². The molecular formula is C62H57GeN3. The van der Waals surface area contributed by atoms with Gasteiger partial charge in [0.15, 0.2) is 0 Å². The molecular weight excluding hydrogens is 859 g/mol. The van der Waals surface area contributed by atoms with Gasteiger partial charge in [0.05, 0.1) is 0 Å². The Hall–Kier alpha value is -6.56. The topological polar surface area (TPSA) is 9.72 Å². The Labute approximate surface area is 393 Å². The molecule has 324 valence electrons. The van der Waals surface area contributed by atoms with Gasteiger partial charge < -0.3 is 0 Å². The Kier molecular flexibility index (Phi) is 8.82. The van der Waals surface area contributed by atoms with Crippen LogP contribution in [-0.2, 0) is 16.2 Å². The number of rotatable bonds is 4. The van der Waals surface area contributed by atoms with Crippen LogP contribution in [0.5, 0.6) is 0 Å². The van der Waals surface area contributed by atoms with E-state index in [1.165, 1.54) is 107 Å². The van der Waals surface area contributed by atoms with Crippen LogP contribution in [0.15, 0.2) is 182 Å². The third-order valence-corrected chi connectivity index (χ3v) is 25.1. The number of nitrogens with zero attached hydrogens (tertiary/aromatic N) is 3. The second kappa shape index (κ2) is 14.2. The first kappa shape index (κ1) is 40.9. The van der Waals surface area contributed by atoms with Crippen LogP contribution in [0.4, 0.5) is 51.2 Å². The van der Waals surface area contributed by atoms with Gasteiger partial charge in [0.25, 0.3) is 0 Å². The van der Waals surface area contributed by atoms with Gasteiger partial charge in [-0.2, -0.15) is 0 Å². The molecule has 12 rings (SSSR count). The van der Waals surface area contributed by atoms with Crippen LogP contribution in [0.1, 0.15) is 79.0 Å². The molecule has 0 radical (unpaired) electrons. The summed E-state index contributed by atoms with van der Waals surface area (Å²) in [5, 5.41) is 5.04. The summed E-state index contributed by atoms with van der Waals surface area (Å²) < 4.78 is 5.92. The first-order valence-corrected chi connectivity index (χ1v) is 27.9. The maximum atomic E-state index is 2.65. The fourth-order valence-electron chi connectivity index (χ4n) is 11.5. The van der Waals surface area contributed by atoms with Crippen molar-refractivity contribution >= 4 is 104 Å². The summed E-state index contributed by atoms with van der Waals surface area (Å²) in [6, 6.07) is 70.7. The monoisotopic (exact) mass is 917 g/mol. The zero-order valence-corrected chi connectivity index (χ0v) is 41.8. The van der Waals surface area contributed by atoms with Gasteiger partial charge in [-0.05, 0) is 0 Å². The average molecular weight is 917 g/mol. The molecule has 0 aliphatic carbocycles. The molecule has 0 bridgehead atoms. The molecule has 3 nitrogen and oxygen atoms in total. The SMILES string of the molecule is CC(C)(C)c1ccc(N2c3cc4ccccc4c4[c]3[Ge]3([c]5ccccc5)[c]5c(cccc5N(c5ccc(C(C)(C)C)cc5)c5[c]3c2cc2ccccc52)N4c2ccc(C(C)(C)C)cc2)cc1. The fourth-order valence-corrected chi connectivity index (χ4v) is 23.7. The standard InChI is InChI=1S/C62H57GeN3/c1-60(2,3)42-26-32-46(33-27-42)64-53-38-40-18-13-15-22-49(40)58-56(53)63(45-20-11-10-12-21-45)55-51(65(58)47-34-28-43(29-35-47)61(4,5)6)24-17-25-52(55)66(48-36-30-44(31-37-48)62(7,8)9)59-50-23-16-14-19-41(50)39-54(64)57(59)63/h10-39H,1-9H3. The van der Waals surface area contributed by atoms with E-state index < -0.39 is 13.3 Å². The number of benzene rings is 9. The molecule has 0 unspecified atom stereocenters. The van der Waals surface area contributed by atoms with E-state index in [1.54, 1.807) is 0 Å². The van der Waals surface area contributed by atoms with Gasteiger partial charge in [0.2, 0.25) is 0 Å². The Bertz CT molecular complexity index is 3230. The predicted octanol–water partition coefficient (Wildman–Crippen LogP) is 14.6. The Balaban J connectivity index is 1.31. The second-order valence-corrected chi connectivity index (χ2v) is 29.4. The Morgan fingerprint density at radius 1 is 0.318 bits per heavy atom. The second-order valence-electron chi connectivity index (χ2n) is 21.9. The van der Waals surface area contributed by atoms with E-state index in [9.17, 15) is 0 Å². The summed E-state index contributed by atoms with van der Waals surface area (Å²) in [4.78, 5) is 7.95. The number of fused-ring (bicyclic) bond motifs is 4. The van der Waals surface area contributed by atoms with Crippen LogP contribution in [-0.4, -0.2) is 13.3 Å². The molecule has 0 saturated carbocycles. The van der Waals surface area contributed by atoms with Crippen molar-refractivity contribution in [3.63, 3.8) is 0 Å². The summed E-state index contributed by atoms with van der Waals surface area (Å²) >= 11 is -4.12. The Morgan fingerprint density at radius 2 is 0.682 bits per heavy atom. The van der Waals surface area contributed by atoms with Gasteiger partial charge in [-0.3, -0.25) is 0 Å². The normalized spacial score (nSPS) is 14.8. The summed E-state index contributed by atoms with van der Waals surface area (Å²) in [7, 11) is 0. The van der Waals surface area contributed by atoms with Crippen molar-refractivity contribution < 1.29 is 0 Å².